The van der Waals surface area contributed by atoms with Crippen molar-refractivity contribution in [3.05, 3.63) is 68.5 Å². The molecule has 0 aliphatic rings. The Hall–Kier alpha value is -2.31. The Morgan fingerprint density at radius 2 is 1.54 bits per heavy atom. The summed E-state index contributed by atoms with van der Waals surface area (Å²) in [6.45, 7) is 1.25. The molecule has 1 aromatic carbocycles. The molecule has 0 unspecified atom stereocenters. The highest BCUT2D eigenvalue weighted by molar-refractivity contribution is 7.10. The van der Waals surface area contributed by atoms with Crippen molar-refractivity contribution in [2.24, 2.45) is 0 Å². The van der Waals surface area contributed by atoms with Gasteiger partial charge in [0.05, 0.1) is 33.7 Å². The Labute approximate surface area is 161 Å². The third-order valence-corrected chi connectivity index (χ3v) is 5.73. The van der Waals surface area contributed by atoms with Crippen LogP contribution in [0.2, 0.25) is 0 Å². The van der Waals surface area contributed by atoms with Crippen LogP contribution in [-0.4, -0.2) is 25.0 Å². The molecular weight excluding hydrogens is 366 g/mol. The van der Waals surface area contributed by atoms with E-state index in [0.29, 0.717) is 31.0 Å². The Balaban J connectivity index is 1.76. The molecule has 0 saturated carbocycles. The summed E-state index contributed by atoms with van der Waals surface area (Å²) in [6, 6.07) is 13.8. The van der Waals surface area contributed by atoms with E-state index in [1.54, 1.807) is 36.9 Å². The molecule has 0 radical (unpaired) electrons. The maximum Gasteiger partial charge on any atom is 0.227 e. The standard InChI is InChI=1S/C20H21NO3S2/c1-23-18-8-7-15(11-19(18)24-2)12-20(22)21(13-16-5-3-9-25-16)14-17-6-4-10-26-17/h3-11H,12-14H2,1-2H3. The van der Waals surface area contributed by atoms with Gasteiger partial charge in [0.1, 0.15) is 0 Å². The van der Waals surface area contributed by atoms with Gasteiger partial charge in [-0.25, -0.2) is 0 Å². The number of nitrogens with zero attached hydrogens (tertiary/aromatic N) is 1. The number of hydrogen-bond donors (Lipinski definition) is 0. The monoisotopic (exact) mass is 387 g/mol. The van der Waals surface area contributed by atoms with E-state index in [1.807, 2.05) is 46.0 Å². The van der Waals surface area contributed by atoms with Crippen molar-refractivity contribution < 1.29 is 14.3 Å². The molecule has 0 N–H and O–H groups in total. The molecule has 4 nitrogen and oxygen atoms in total. The van der Waals surface area contributed by atoms with E-state index in [9.17, 15) is 4.79 Å². The van der Waals surface area contributed by atoms with E-state index < -0.39 is 0 Å². The third kappa shape index (κ3) is 4.65. The first-order valence-corrected chi connectivity index (χ1v) is 9.99. The van der Waals surface area contributed by atoms with Crippen LogP contribution in [0.3, 0.4) is 0 Å². The second kappa shape index (κ2) is 8.87. The van der Waals surface area contributed by atoms with Crippen molar-refractivity contribution in [3.63, 3.8) is 0 Å². The van der Waals surface area contributed by atoms with Gasteiger partial charge in [0.15, 0.2) is 11.5 Å². The summed E-state index contributed by atoms with van der Waals surface area (Å²) >= 11 is 3.34. The number of methoxy groups -OCH3 is 2. The van der Waals surface area contributed by atoms with Gasteiger partial charge in [-0.05, 0) is 40.6 Å². The van der Waals surface area contributed by atoms with Gasteiger partial charge in [0.25, 0.3) is 0 Å². The predicted molar refractivity (Wildman–Crippen MR) is 106 cm³/mol. The highest BCUT2D eigenvalue weighted by atomic mass is 32.1. The summed E-state index contributed by atoms with van der Waals surface area (Å²) in [4.78, 5) is 17.3. The molecular formula is C20H21NO3S2. The molecule has 26 heavy (non-hydrogen) atoms. The van der Waals surface area contributed by atoms with Crippen LogP contribution in [0, 0.1) is 0 Å². The lowest BCUT2D eigenvalue weighted by Crippen LogP contribution is -2.30. The Bertz CT molecular complexity index is 793. The quantitative estimate of drug-likeness (QED) is 0.567. The second-order valence-corrected chi connectivity index (χ2v) is 7.84. The first-order chi connectivity index (χ1) is 12.7. The average Bonchev–Trinajstić information content (AvgIpc) is 3.35. The SMILES string of the molecule is COc1ccc(CC(=O)N(Cc2cccs2)Cc2cccs2)cc1OC. The summed E-state index contributed by atoms with van der Waals surface area (Å²) < 4.78 is 10.6. The average molecular weight is 388 g/mol. The summed E-state index contributed by atoms with van der Waals surface area (Å²) in [7, 11) is 3.20. The van der Waals surface area contributed by atoms with Gasteiger partial charge in [-0.2, -0.15) is 0 Å². The van der Waals surface area contributed by atoms with Crippen molar-refractivity contribution >= 4 is 28.6 Å². The molecule has 3 aromatic rings. The van der Waals surface area contributed by atoms with Crippen molar-refractivity contribution in [2.75, 3.05) is 14.2 Å². The first-order valence-electron chi connectivity index (χ1n) is 8.23. The molecule has 0 bridgehead atoms. The highest BCUT2D eigenvalue weighted by Crippen LogP contribution is 2.28. The number of amides is 1. The van der Waals surface area contributed by atoms with E-state index in [1.165, 1.54) is 9.75 Å². The smallest absolute Gasteiger partial charge is 0.227 e. The summed E-state index contributed by atoms with van der Waals surface area (Å²) in [5.74, 6) is 1.40. The molecule has 0 aliphatic carbocycles. The van der Waals surface area contributed by atoms with Gasteiger partial charge in [0, 0.05) is 9.75 Å². The topological polar surface area (TPSA) is 38.8 Å². The second-order valence-electron chi connectivity index (χ2n) is 5.77. The minimum absolute atomic E-state index is 0.0963. The fraction of sp³-hybridized carbons (Fsp3) is 0.250. The van der Waals surface area contributed by atoms with E-state index in [-0.39, 0.29) is 5.91 Å². The van der Waals surface area contributed by atoms with Crippen LogP contribution in [0.25, 0.3) is 0 Å². The van der Waals surface area contributed by atoms with Crippen LogP contribution in [0.4, 0.5) is 0 Å². The number of carbonyl (C=O) groups is 1. The highest BCUT2D eigenvalue weighted by Gasteiger charge is 2.17. The van der Waals surface area contributed by atoms with Gasteiger partial charge in [-0.3, -0.25) is 4.79 Å². The Morgan fingerprint density at radius 1 is 0.923 bits per heavy atom. The number of ether oxygens (including phenoxy) is 2. The number of thiophene rings is 2. The van der Waals surface area contributed by atoms with Crippen LogP contribution in [0.1, 0.15) is 15.3 Å². The molecule has 0 fully saturated rings. The largest absolute Gasteiger partial charge is 0.493 e. The molecule has 136 valence electrons. The first kappa shape index (κ1) is 18.5. The van der Waals surface area contributed by atoms with Crippen molar-refractivity contribution in [2.45, 2.75) is 19.5 Å². The number of carbonyl (C=O) groups excluding carboxylic acids is 1. The number of benzene rings is 1. The third-order valence-electron chi connectivity index (χ3n) is 4.01. The minimum atomic E-state index is 0.0963. The van der Waals surface area contributed by atoms with Gasteiger partial charge in [-0.15, -0.1) is 22.7 Å². The molecule has 2 heterocycles. The fourth-order valence-corrected chi connectivity index (χ4v) is 4.13. The van der Waals surface area contributed by atoms with Crippen LogP contribution < -0.4 is 9.47 Å². The Kier molecular flexibility index (Phi) is 6.30. The van der Waals surface area contributed by atoms with Crippen LogP contribution in [-0.2, 0) is 24.3 Å². The number of hydrogen-bond acceptors (Lipinski definition) is 5. The van der Waals surface area contributed by atoms with Gasteiger partial charge < -0.3 is 14.4 Å². The minimum Gasteiger partial charge on any atom is -0.493 e. The molecule has 2 aromatic heterocycles. The van der Waals surface area contributed by atoms with E-state index >= 15 is 0 Å². The van der Waals surface area contributed by atoms with Gasteiger partial charge in [0.2, 0.25) is 5.91 Å². The van der Waals surface area contributed by atoms with Gasteiger partial charge in [-0.1, -0.05) is 18.2 Å². The maximum absolute atomic E-state index is 13.0. The molecule has 0 aliphatic heterocycles. The Morgan fingerprint density at radius 3 is 2.04 bits per heavy atom. The molecule has 6 heteroatoms. The number of rotatable bonds is 8. The fourth-order valence-electron chi connectivity index (χ4n) is 2.69. The molecule has 1 amide bonds. The summed E-state index contributed by atoms with van der Waals surface area (Å²) in [6.07, 6.45) is 0.330. The van der Waals surface area contributed by atoms with Gasteiger partial charge >= 0.3 is 0 Å². The van der Waals surface area contributed by atoms with E-state index in [2.05, 4.69) is 12.1 Å². The maximum atomic E-state index is 13.0. The van der Waals surface area contributed by atoms with Crippen molar-refractivity contribution in [3.8, 4) is 11.5 Å². The van der Waals surface area contributed by atoms with Crippen LogP contribution in [0.15, 0.2) is 53.2 Å². The molecule has 3 rings (SSSR count). The molecule has 0 saturated heterocycles. The van der Waals surface area contributed by atoms with Crippen LogP contribution in [0.5, 0.6) is 11.5 Å². The molecule has 0 atom stereocenters. The van der Waals surface area contributed by atoms with E-state index in [0.717, 1.165) is 5.56 Å². The normalized spacial score (nSPS) is 10.5. The lowest BCUT2D eigenvalue weighted by Gasteiger charge is -2.22. The summed E-state index contributed by atoms with van der Waals surface area (Å²) in [5, 5.41) is 4.08. The zero-order chi connectivity index (χ0) is 18.4. The van der Waals surface area contributed by atoms with Crippen LogP contribution >= 0.6 is 22.7 Å². The van der Waals surface area contributed by atoms with Crippen molar-refractivity contribution in [1.29, 1.82) is 0 Å². The lowest BCUT2D eigenvalue weighted by molar-refractivity contribution is -0.131. The van der Waals surface area contributed by atoms with E-state index in [4.69, 9.17) is 9.47 Å². The van der Waals surface area contributed by atoms with Crippen molar-refractivity contribution in [1.82, 2.24) is 4.90 Å². The molecule has 0 spiro atoms. The predicted octanol–water partition coefficient (Wildman–Crippen LogP) is 4.60. The lowest BCUT2D eigenvalue weighted by atomic mass is 10.1. The zero-order valence-corrected chi connectivity index (χ0v) is 16.4. The zero-order valence-electron chi connectivity index (χ0n) is 14.8. The summed E-state index contributed by atoms with van der Waals surface area (Å²) in [5.41, 5.74) is 0.912.